The van der Waals surface area contributed by atoms with Crippen LogP contribution < -0.4 is 11.1 Å². The van der Waals surface area contributed by atoms with Gasteiger partial charge in [0.15, 0.2) is 5.44 Å². The first-order valence-corrected chi connectivity index (χ1v) is 9.49. The molecule has 0 spiro atoms. The van der Waals surface area contributed by atoms with Crippen LogP contribution in [0, 0.1) is 0 Å². The van der Waals surface area contributed by atoms with E-state index in [1.54, 1.807) is 45.2 Å². The van der Waals surface area contributed by atoms with Gasteiger partial charge < -0.3 is 13.5 Å². The van der Waals surface area contributed by atoms with Gasteiger partial charge in [0.2, 0.25) is 0 Å². The molecule has 2 aromatic heterocycles. The summed E-state index contributed by atoms with van der Waals surface area (Å²) in [5, 5.41) is 5.08. The maximum Gasteiger partial charge on any atom is 0.379 e. The van der Waals surface area contributed by atoms with Crippen LogP contribution in [-0.4, -0.2) is 23.0 Å². The lowest BCUT2D eigenvalue weighted by Gasteiger charge is -2.16. The Morgan fingerprint density at radius 3 is 2.52 bits per heavy atom. The first-order chi connectivity index (χ1) is 12.0. The van der Waals surface area contributed by atoms with E-state index in [0.717, 1.165) is 5.39 Å². The number of para-hydroxylation sites is 1. The summed E-state index contributed by atoms with van der Waals surface area (Å²) in [6.07, 6.45) is 0. The summed E-state index contributed by atoms with van der Waals surface area (Å²) in [5.41, 5.74) is 0.934. The number of nitrogens with zero attached hydrogens (tertiary/aromatic N) is 2. The Bertz CT molecular complexity index is 998. The molecule has 3 aromatic rings. The van der Waals surface area contributed by atoms with Crippen molar-refractivity contribution in [3.05, 3.63) is 46.8 Å². The first-order valence-electron chi connectivity index (χ1n) is 7.95. The summed E-state index contributed by atoms with van der Waals surface area (Å²) in [5.74, 6) is 0. The zero-order valence-corrected chi connectivity index (χ0v) is 15.2. The molecule has 1 aromatic carbocycles. The zero-order chi connectivity index (χ0) is 18.0. The van der Waals surface area contributed by atoms with Crippen LogP contribution in [0.25, 0.3) is 22.2 Å². The molecule has 3 rings (SSSR count). The highest BCUT2D eigenvalue weighted by Gasteiger charge is 2.31. The van der Waals surface area contributed by atoms with Crippen LogP contribution >= 0.6 is 7.60 Å². The molecule has 0 saturated heterocycles. The van der Waals surface area contributed by atoms with Crippen molar-refractivity contribution >= 4 is 24.0 Å². The standard InChI is InChI=1S/C17H19N2O5P/c1-4-22-25(21,23-5-2)16-11-14(18-19(16)3)13-10-12-8-6-7-9-15(12)24-17(13)20/h6-11H,4-5H2,1-3H3. The van der Waals surface area contributed by atoms with Crippen molar-refractivity contribution in [1.82, 2.24) is 9.78 Å². The highest BCUT2D eigenvalue weighted by atomic mass is 31.2. The highest BCUT2D eigenvalue weighted by Crippen LogP contribution is 2.47. The van der Waals surface area contributed by atoms with E-state index >= 15 is 0 Å². The van der Waals surface area contributed by atoms with Crippen molar-refractivity contribution in [2.24, 2.45) is 7.05 Å². The van der Waals surface area contributed by atoms with E-state index in [4.69, 9.17) is 13.5 Å². The molecule has 0 aliphatic rings. The largest absolute Gasteiger partial charge is 0.422 e. The second-order valence-corrected chi connectivity index (χ2v) is 7.30. The van der Waals surface area contributed by atoms with E-state index in [2.05, 4.69) is 5.10 Å². The van der Waals surface area contributed by atoms with Crippen molar-refractivity contribution in [3.63, 3.8) is 0 Å². The van der Waals surface area contributed by atoms with Crippen LogP contribution in [-0.2, 0) is 20.7 Å². The predicted octanol–water partition coefficient (Wildman–Crippen LogP) is 3.08. The van der Waals surface area contributed by atoms with Crippen LogP contribution in [0.15, 0.2) is 45.6 Å². The SMILES string of the molecule is CCOP(=O)(OCC)c1cc(-c2cc3ccccc3oc2=O)nn1C. The summed E-state index contributed by atoms with van der Waals surface area (Å²) >= 11 is 0. The van der Waals surface area contributed by atoms with Crippen LogP contribution in [0.4, 0.5) is 0 Å². The van der Waals surface area contributed by atoms with Gasteiger partial charge in [0.1, 0.15) is 11.3 Å². The Labute approximate surface area is 144 Å². The molecule has 0 N–H and O–H groups in total. The van der Waals surface area contributed by atoms with Gasteiger partial charge in [0, 0.05) is 18.5 Å². The molecule has 0 atom stereocenters. The van der Waals surface area contributed by atoms with Crippen molar-refractivity contribution in [1.29, 1.82) is 0 Å². The third-order valence-electron chi connectivity index (χ3n) is 3.65. The summed E-state index contributed by atoms with van der Waals surface area (Å²) in [7, 11) is -1.87. The average Bonchev–Trinajstić information content (AvgIpc) is 2.97. The monoisotopic (exact) mass is 362 g/mol. The lowest BCUT2D eigenvalue weighted by Crippen LogP contribution is -2.18. The second-order valence-electron chi connectivity index (χ2n) is 5.33. The molecule has 0 radical (unpaired) electrons. The molecule has 132 valence electrons. The van der Waals surface area contributed by atoms with E-state index in [1.807, 2.05) is 12.1 Å². The molecule has 25 heavy (non-hydrogen) atoms. The fraction of sp³-hybridized carbons (Fsp3) is 0.294. The Hall–Kier alpha value is -2.21. The van der Waals surface area contributed by atoms with Gasteiger partial charge in [-0.2, -0.15) is 5.10 Å². The van der Waals surface area contributed by atoms with Gasteiger partial charge >= 0.3 is 13.2 Å². The number of hydrogen-bond acceptors (Lipinski definition) is 6. The minimum atomic E-state index is -3.50. The van der Waals surface area contributed by atoms with Crippen LogP contribution in [0.5, 0.6) is 0 Å². The summed E-state index contributed by atoms with van der Waals surface area (Å²) in [4.78, 5) is 12.3. The molecular formula is C17H19N2O5P. The Morgan fingerprint density at radius 2 is 1.84 bits per heavy atom. The molecular weight excluding hydrogens is 343 g/mol. The minimum absolute atomic E-state index is 0.232. The maximum atomic E-state index is 13.0. The van der Waals surface area contributed by atoms with Crippen LogP contribution in [0.2, 0.25) is 0 Å². The predicted molar refractivity (Wildman–Crippen MR) is 95.2 cm³/mol. The molecule has 0 aliphatic carbocycles. The van der Waals surface area contributed by atoms with E-state index < -0.39 is 13.2 Å². The van der Waals surface area contributed by atoms with Crippen molar-refractivity contribution in [3.8, 4) is 11.3 Å². The normalized spacial score (nSPS) is 12.0. The number of hydrogen-bond donors (Lipinski definition) is 0. The smallest absolute Gasteiger partial charge is 0.379 e. The lowest BCUT2D eigenvalue weighted by molar-refractivity contribution is 0.228. The number of aromatic nitrogens is 2. The first kappa shape index (κ1) is 17.6. The molecule has 0 aliphatic heterocycles. The van der Waals surface area contributed by atoms with Crippen molar-refractivity contribution in [2.45, 2.75) is 13.8 Å². The summed E-state index contributed by atoms with van der Waals surface area (Å²) < 4.78 is 30.4. The highest BCUT2D eigenvalue weighted by molar-refractivity contribution is 7.62. The average molecular weight is 362 g/mol. The molecule has 0 unspecified atom stereocenters. The van der Waals surface area contributed by atoms with Gasteiger partial charge in [-0.15, -0.1) is 0 Å². The maximum absolute atomic E-state index is 13.0. The van der Waals surface area contributed by atoms with Gasteiger partial charge in [-0.1, -0.05) is 18.2 Å². The Kier molecular flexibility index (Phi) is 4.90. The van der Waals surface area contributed by atoms with Crippen LogP contribution in [0.3, 0.4) is 0 Å². The molecule has 0 fully saturated rings. The van der Waals surface area contributed by atoms with Crippen molar-refractivity contribution in [2.75, 3.05) is 13.2 Å². The topological polar surface area (TPSA) is 83.6 Å². The van der Waals surface area contributed by atoms with E-state index in [1.165, 1.54) is 4.68 Å². The number of benzene rings is 1. The number of rotatable bonds is 6. The van der Waals surface area contributed by atoms with E-state index in [9.17, 15) is 9.36 Å². The van der Waals surface area contributed by atoms with E-state index in [0.29, 0.717) is 22.3 Å². The van der Waals surface area contributed by atoms with Gasteiger partial charge in [0.25, 0.3) is 0 Å². The molecule has 0 saturated carbocycles. The molecule has 0 amide bonds. The van der Waals surface area contributed by atoms with Gasteiger partial charge in [-0.25, -0.2) is 4.79 Å². The minimum Gasteiger partial charge on any atom is -0.422 e. The van der Waals surface area contributed by atoms with E-state index in [-0.39, 0.29) is 13.2 Å². The fourth-order valence-electron chi connectivity index (χ4n) is 2.60. The van der Waals surface area contributed by atoms with Gasteiger partial charge in [-0.3, -0.25) is 9.25 Å². The third-order valence-corrected chi connectivity index (χ3v) is 5.83. The molecule has 2 heterocycles. The molecule has 7 nitrogen and oxygen atoms in total. The van der Waals surface area contributed by atoms with Gasteiger partial charge in [-0.05, 0) is 26.0 Å². The number of aryl methyl sites for hydroxylation is 1. The Morgan fingerprint density at radius 1 is 1.16 bits per heavy atom. The molecule has 8 heteroatoms. The molecule has 0 bridgehead atoms. The number of fused-ring (bicyclic) bond motifs is 1. The summed E-state index contributed by atoms with van der Waals surface area (Å²) in [6.45, 7) is 3.94. The zero-order valence-electron chi connectivity index (χ0n) is 14.3. The summed E-state index contributed by atoms with van der Waals surface area (Å²) in [6, 6.07) is 10.5. The van der Waals surface area contributed by atoms with Crippen molar-refractivity contribution < 1.29 is 18.0 Å². The fourth-order valence-corrected chi connectivity index (χ4v) is 4.29. The lowest BCUT2D eigenvalue weighted by atomic mass is 10.1. The quantitative estimate of drug-likeness (QED) is 0.495. The van der Waals surface area contributed by atoms with Crippen LogP contribution in [0.1, 0.15) is 13.8 Å². The third kappa shape index (κ3) is 3.31. The van der Waals surface area contributed by atoms with Gasteiger partial charge in [0.05, 0.1) is 18.8 Å². The Balaban J connectivity index is 2.13. The second kappa shape index (κ2) is 6.96.